The van der Waals surface area contributed by atoms with E-state index in [-0.39, 0.29) is 5.82 Å². The van der Waals surface area contributed by atoms with Crippen LogP contribution in [0.15, 0.2) is 0 Å². The zero-order chi connectivity index (χ0) is 13.9. The van der Waals surface area contributed by atoms with Gasteiger partial charge in [0.2, 0.25) is 0 Å². The van der Waals surface area contributed by atoms with Gasteiger partial charge in [-0.1, -0.05) is 13.8 Å². The van der Waals surface area contributed by atoms with Gasteiger partial charge in [-0.15, -0.1) is 0 Å². The van der Waals surface area contributed by atoms with Gasteiger partial charge < -0.3 is 5.32 Å². The Balaban J connectivity index is 3.13. The van der Waals surface area contributed by atoms with Crippen molar-refractivity contribution in [3.8, 4) is 0 Å². The zero-order valence-corrected chi connectivity index (χ0v) is 12.6. The second-order valence-corrected chi connectivity index (χ2v) is 5.47. The largest absolute Gasteiger partial charge is 0.396 e. The number of aromatic nitrogens is 2. The molecule has 0 aliphatic rings. The third-order valence-corrected chi connectivity index (χ3v) is 3.30. The van der Waals surface area contributed by atoms with Crippen molar-refractivity contribution in [3.63, 3.8) is 0 Å². The topological polar surface area (TPSA) is 37.8 Å². The number of halogens is 4. The van der Waals surface area contributed by atoms with Gasteiger partial charge in [0.15, 0.2) is 0 Å². The summed E-state index contributed by atoms with van der Waals surface area (Å²) in [5, 5.41) is 2.81. The van der Waals surface area contributed by atoms with E-state index in [1.54, 1.807) is 7.05 Å². The van der Waals surface area contributed by atoms with Gasteiger partial charge in [-0.3, -0.25) is 0 Å². The van der Waals surface area contributed by atoms with Crippen molar-refractivity contribution in [2.24, 2.45) is 5.92 Å². The number of nitrogens with one attached hydrogen (secondary N) is 1. The molecule has 0 aliphatic heterocycles. The Kier molecular flexibility index (Phi) is 5.18. The van der Waals surface area contributed by atoms with Gasteiger partial charge in [-0.05, 0) is 34.9 Å². The predicted octanol–water partition coefficient (Wildman–Crippen LogP) is 3.43. The maximum atomic E-state index is 12.4. The first kappa shape index (κ1) is 15.5. The molecule has 1 aromatic rings. The lowest BCUT2D eigenvalue weighted by Crippen LogP contribution is -2.17. The molecule has 0 fully saturated rings. The molecule has 0 amide bonds. The standard InChI is InChI=1S/C11H15F3IN3/c1-6(2)4-7-9(15)10(16-3)18-8(17-7)5-11(12,13)14/h6H,4-5H2,1-3H3,(H,16,17,18). The molecular formula is C11H15F3IN3. The van der Waals surface area contributed by atoms with E-state index in [1.807, 2.05) is 13.8 Å². The van der Waals surface area contributed by atoms with Gasteiger partial charge in [0.05, 0.1) is 9.26 Å². The smallest absolute Gasteiger partial charge is 0.372 e. The Bertz CT molecular complexity index is 419. The third-order valence-electron chi connectivity index (χ3n) is 2.16. The van der Waals surface area contributed by atoms with Crippen LogP contribution < -0.4 is 5.32 Å². The summed E-state index contributed by atoms with van der Waals surface area (Å²) in [6.45, 7) is 4.00. The molecule has 0 radical (unpaired) electrons. The summed E-state index contributed by atoms with van der Waals surface area (Å²) < 4.78 is 37.9. The molecule has 1 N–H and O–H groups in total. The van der Waals surface area contributed by atoms with Crippen molar-refractivity contribution >= 4 is 28.4 Å². The maximum Gasteiger partial charge on any atom is 0.396 e. The summed E-state index contributed by atoms with van der Waals surface area (Å²) >= 11 is 2.06. The number of rotatable bonds is 4. The van der Waals surface area contributed by atoms with Crippen LogP contribution in [0.25, 0.3) is 0 Å². The van der Waals surface area contributed by atoms with Crippen molar-refractivity contribution in [1.29, 1.82) is 0 Å². The van der Waals surface area contributed by atoms with Crippen LogP contribution in [-0.4, -0.2) is 23.2 Å². The molecule has 0 bridgehead atoms. The molecule has 1 aromatic heterocycles. The minimum atomic E-state index is -4.28. The highest BCUT2D eigenvalue weighted by molar-refractivity contribution is 14.1. The normalized spacial score (nSPS) is 12.0. The lowest BCUT2D eigenvalue weighted by molar-refractivity contribution is -0.128. The Labute approximate surface area is 118 Å². The lowest BCUT2D eigenvalue weighted by atomic mass is 10.1. The lowest BCUT2D eigenvalue weighted by Gasteiger charge is -2.13. The van der Waals surface area contributed by atoms with E-state index in [0.29, 0.717) is 23.9 Å². The SMILES string of the molecule is CNc1nc(CC(F)(F)F)nc(CC(C)C)c1I. The summed E-state index contributed by atoms with van der Waals surface area (Å²) in [6.07, 6.45) is -4.74. The third kappa shape index (κ3) is 4.58. The van der Waals surface area contributed by atoms with Crippen LogP contribution in [0.3, 0.4) is 0 Å². The molecule has 1 rings (SSSR count). The van der Waals surface area contributed by atoms with Gasteiger partial charge >= 0.3 is 6.18 Å². The quantitative estimate of drug-likeness (QED) is 0.822. The molecule has 18 heavy (non-hydrogen) atoms. The van der Waals surface area contributed by atoms with Gasteiger partial charge in [0.25, 0.3) is 0 Å². The summed E-state index contributed by atoms with van der Waals surface area (Å²) in [6, 6.07) is 0. The number of hydrogen-bond acceptors (Lipinski definition) is 3. The maximum absolute atomic E-state index is 12.4. The molecule has 0 atom stereocenters. The number of anilines is 1. The number of alkyl halides is 3. The zero-order valence-electron chi connectivity index (χ0n) is 10.4. The van der Waals surface area contributed by atoms with E-state index in [4.69, 9.17) is 0 Å². The van der Waals surface area contributed by atoms with Crippen LogP contribution in [0, 0.1) is 9.49 Å². The van der Waals surface area contributed by atoms with Gasteiger partial charge in [-0.2, -0.15) is 13.2 Å². The average Bonchev–Trinajstić information content (AvgIpc) is 2.19. The molecule has 0 saturated heterocycles. The Morgan fingerprint density at radius 3 is 2.33 bits per heavy atom. The minimum absolute atomic E-state index is 0.178. The second kappa shape index (κ2) is 6.03. The van der Waals surface area contributed by atoms with Crippen LogP contribution in [0.1, 0.15) is 25.4 Å². The van der Waals surface area contributed by atoms with Crippen LogP contribution in [0.5, 0.6) is 0 Å². The van der Waals surface area contributed by atoms with Crippen LogP contribution in [0.4, 0.5) is 19.0 Å². The molecule has 1 heterocycles. The minimum Gasteiger partial charge on any atom is -0.372 e. The molecule has 0 aromatic carbocycles. The van der Waals surface area contributed by atoms with E-state index in [2.05, 4.69) is 37.9 Å². The predicted molar refractivity (Wildman–Crippen MR) is 72.6 cm³/mol. The molecule has 3 nitrogen and oxygen atoms in total. The Morgan fingerprint density at radius 1 is 1.28 bits per heavy atom. The van der Waals surface area contributed by atoms with Crippen molar-refractivity contribution in [1.82, 2.24) is 9.97 Å². The van der Waals surface area contributed by atoms with Crippen molar-refractivity contribution < 1.29 is 13.2 Å². The molecule has 0 unspecified atom stereocenters. The van der Waals surface area contributed by atoms with Gasteiger partial charge in [-0.25, -0.2) is 9.97 Å². The Hall–Kier alpha value is -0.600. The summed E-state index contributed by atoms with van der Waals surface area (Å²) in [4.78, 5) is 7.92. The Morgan fingerprint density at radius 2 is 1.89 bits per heavy atom. The monoisotopic (exact) mass is 373 g/mol. The van der Waals surface area contributed by atoms with E-state index in [0.717, 1.165) is 3.57 Å². The summed E-state index contributed by atoms with van der Waals surface area (Å²) in [5.74, 6) is 0.611. The molecule has 0 spiro atoms. The molecule has 7 heteroatoms. The fraction of sp³-hybridized carbons (Fsp3) is 0.636. The first-order chi connectivity index (χ1) is 8.23. The van der Waals surface area contributed by atoms with E-state index < -0.39 is 12.6 Å². The fourth-order valence-electron chi connectivity index (χ4n) is 1.49. The van der Waals surface area contributed by atoms with Crippen LogP contribution in [-0.2, 0) is 12.8 Å². The van der Waals surface area contributed by atoms with Crippen molar-refractivity contribution in [3.05, 3.63) is 15.1 Å². The first-order valence-corrected chi connectivity index (χ1v) is 6.60. The highest BCUT2D eigenvalue weighted by Crippen LogP contribution is 2.25. The number of hydrogen-bond donors (Lipinski definition) is 1. The van der Waals surface area contributed by atoms with Crippen LogP contribution in [0.2, 0.25) is 0 Å². The van der Waals surface area contributed by atoms with E-state index >= 15 is 0 Å². The van der Waals surface area contributed by atoms with Gasteiger partial charge in [0.1, 0.15) is 18.1 Å². The van der Waals surface area contributed by atoms with E-state index in [9.17, 15) is 13.2 Å². The summed E-state index contributed by atoms with van der Waals surface area (Å²) in [7, 11) is 1.64. The van der Waals surface area contributed by atoms with Crippen LogP contribution >= 0.6 is 22.6 Å². The summed E-state index contributed by atoms with van der Waals surface area (Å²) in [5.41, 5.74) is 0.671. The molecule has 0 aliphatic carbocycles. The van der Waals surface area contributed by atoms with E-state index in [1.165, 1.54) is 0 Å². The highest BCUT2D eigenvalue weighted by atomic mass is 127. The fourth-order valence-corrected chi connectivity index (χ4v) is 2.22. The van der Waals surface area contributed by atoms with Gasteiger partial charge in [0, 0.05) is 7.05 Å². The highest BCUT2D eigenvalue weighted by Gasteiger charge is 2.30. The van der Waals surface area contributed by atoms with Crippen molar-refractivity contribution in [2.45, 2.75) is 32.9 Å². The second-order valence-electron chi connectivity index (χ2n) is 4.39. The molecular weight excluding hydrogens is 358 g/mol. The molecule has 102 valence electrons. The van der Waals surface area contributed by atoms with Crippen molar-refractivity contribution in [2.75, 3.05) is 12.4 Å². The first-order valence-electron chi connectivity index (χ1n) is 5.52. The number of nitrogens with zero attached hydrogens (tertiary/aromatic N) is 2. The average molecular weight is 373 g/mol. The molecule has 0 saturated carbocycles.